The highest BCUT2D eigenvalue weighted by Crippen LogP contribution is 2.28. The highest BCUT2D eigenvalue weighted by molar-refractivity contribution is 7.80. The first-order valence-corrected chi connectivity index (χ1v) is 11.0. The van der Waals surface area contributed by atoms with Gasteiger partial charge in [0, 0.05) is 35.2 Å². The fraction of sp³-hybridized carbons (Fsp3) is 0.458. The van der Waals surface area contributed by atoms with E-state index in [1.807, 2.05) is 18.2 Å². The summed E-state index contributed by atoms with van der Waals surface area (Å²) in [4.78, 5) is 2.25. The first-order chi connectivity index (χ1) is 13.6. The van der Waals surface area contributed by atoms with Crippen LogP contribution in [0.15, 0.2) is 54.6 Å². The van der Waals surface area contributed by atoms with E-state index in [0.717, 1.165) is 36.1 Å². The van der Waals surface area contributed by atoms with E-state index in [2.05, 4.69) is 79.6 Å². The maximum absolute atomic E-state index is 6.07. The molecule has 0 atom stereocenters. The van der Waals surface area contributed by atoms with E-state index in [4.69, 9.17) is 23.8 Å². The second-order valence-corrected chi connectivity index (χ2v) is 10.2. The van der Waals surface area contributed by atoms with Crippen molar-refractivity contribution in [3.8, 4) is 0 Å². The van der Waals surface area contributed by atoms with Gasteiger partial charge in [0.1, 0.15) is 0 Å². The number of halogens is 1. The van der Waals surface area contributed by atoms with Crippen LogP contribution in [0.25, 0.3) is 0 Å². The molecule has 1 heterocycles. The molecule has 0 aliphatic carbocycles. The Morgan fingerprint density at radius 2 is 1.48 bits per heavy atom. The average Bonchev–Trinajstić information content (AvgIpc) is 2.61. The highest BCUT2D eigenvalue weighted by Gasteiger charge is 2.38. The van der Waals surface area contributed by atoms with Crippen molar-refractivity contribution in [1.29, 1.82) is 0 Å². The van der Waals surface area contributed by atoms with E-state index >= 15 is 0 Å². The average molecular weight is 430 g/mol. The van der Waals surface area contributed by atoms with Gasteiger partial charge in [-0.1, -0.05) is 54.1 Å². The zero-order chi connectivity index (χ0) is 21.1. The normalized spacial score (nSPS) is 18.2. The van der Waals surface area contributed by atoms with Crippen LogP contribution >= 0.6 is 23.8 Å². The lowest BCUT2D eigenvalue weighted by Gasteiger charge is -2.47. The zero-order valence-electron chi connectivity index (χ0n) is 17.8. The molecule has 0 spiro atoms. The van der Waals surface area contributed by atoms with Gasteiger partial charge in [0.15, 0.2) is 5.11 Å². The lowest BCUT2D eigenvalue weighted by molar-refractivity contribution is 0.153. The molecule has 0 saturated carbocycles. The van der Waals surface area contributed by atoms with E-state index < -0.39 is 0 Å². The number of hydrogen-bond acceptors (Lipinski definition) is 2. The molecule has 5 heteroatoms. The van der Waals surface area contributed by atoms with Crippen molar-refractivity contribution < 1.29 is 0 Å². The third-order valence-corrected chi connectivity index (χ3v) is 5.94. The summed E-state index contributed by atoms with van der Waals surface area (Å²) in [7, 11) is 0. The van der Waals surface area contributed by atoms with Crippen LogP contribution in [0.2, 0.25) is 5.02 Å². The topological polar surface area (TPSA) is 27.3 Å². The third-order valence-electron chi connectivity index (χ3n) is 5.31. The van der Waals surface area contributed by atoms with Gasteiger partial charge in [0.25, 0.3) is 0 Å². The van der Waals surface area contributed by atoms with Crippen molar-refractivity contribution >= 4 is 28.9 Å². The number of nitrogens with one attached hydrogen (secondary N) is 2. The van der Waals surface area contributed by atoms with Gasteiger partial charge in [0.2, 0.25) is 0 Å². The third kappa shape index (κ3) is 6.70. The summed E-state index contributed by atoms with van der Waals surface area (Å²) in [6.07, 6.45) is 2.08. The molecule has 1 aliphatic rings. The molecule has 3 nitrogen and oxygen atoms in total. The smallest absolute Gasteiger partial charge is 0.169 e. The molecular weight excluding hydrogens is 398 g/mol. The zero-order valence-corrected chi connectivity index (χ0v) is 19.4. The second kappa shape index (κ2) is 9.03. The van der Waals surface area contributed by atoms with Gasteiger partial charge in [-0.2, -0.15) is 0 Å². The summed E-state index contributed by atoms with van der Waals surface area (Å²) < 4.78 is 0. The van der Waals surface area contributed by atoms with Crippen molar-refractivity contribution in [2.45, 2.75) is 70.7 Å². The molecule has 2 aromatic rings. The summed E-state index contributed by atoms with van der Waals surface area (Å²) in [6.45, 7) is 10.6. The Morgan fingerprint density at radius 1 is 0.966 bits per heavy atom. The fourth-order valence-electron chi connectivity index (χ4n) is 4.50. The summed E-state index contributed by atoms with van der Waals surface area (Å²) in [6, 6.07) is 18.8. The minimum atomic E-state index is 0.0788. The molecule has 2 aromatic carbocycles. The van der Waals surface area contributed by atoms with E-state index in [0.29, 0.717) is 6.04 Å². The number of hydrogen-bond donors (Lipinski definition) is 2. The maximum atomic E-state index is 6.07. The standard InChI is InChI=1S/C24H32ClN3S/c1-23(2)14-21(15-24(3,4)27-23)26-22(29)28(16-18-8-6-5-7-9-18)17-19-10-12-20(25)13-11-19/h5-13,21,27H,14-17H2,1-4H3,(H,26,29). The molecule has 156 valence electrons. The van der Waals surface area contributed by atoms with Gasteiger partial charge in [-0.3, -0.25) is 0 Å². The molecule has 0 bridgehead atoms. The molecule has 29 heavy (non-hydrogen) atoms. The van der Waals surface area contributed by atoms with Crippen LogP contribution in [-0.4, -0.2) is 27.1 Å². The van der Waals surface area contributed by atoms with Gasteiger partial charge < -0.3 is 15.5 Å². The largest absolute Gasteiger partial charge is 0.360 e. The van der Waals surface area contributed by atoms with Crippen LogP contribution in [0.4, 0.5) is 0 Å². The number of benzene rings is 2. The van der Waals surface area contributed by atoms with Crippen LogP contribution in [0.3, 0.4) is 0 Å². The summed E-state index contributed by atoms with van der Waals surface area (Å²) >= 11 is 12.0. The van der Waals surface area contributed by atoms with Crippen LogP contribution in [0.1, 0.15) is 51.7 Å². The molecule has 0 radical (unpaired) electrons. The van der Waals surface area contributed by atoms with E-state index in [-0.39, 0.29) is 11.1 Å². The second-order valence-electron chi connectivity index (χ2n) is 9.42. The van der Waals surface area contributed by atoms with Crippen molar-refractivity contribution in [2.24, 2.45) is 0 Å². The van der Waals surface area contributed by atoms with E-state index in [9.17, 15) is 0 Å². The minimum absolute atomic E-state index is 0.0788. The van der Waals surface area contributed by atoms with Gasteiger partial charge >= 0.3 is 0 Å². The predicted molar refractivity (Wildman–Crippen MR) is 127 cm³/mol. The van der Waals surface area contributed by atoms with Gasteiger partial charge in [-0.15, -0.1) is 0 Å². The number of rotatable bonds is 5. The lowest BCUT2D eigenvalue weighted by Crippen LogP contribution is -2.62. The monoisotopic (exact) mass is 429 g/mol. The van der Waals surface area contributed by atoms with Crippen molar-refractivity contribution in [2.75, 3.05) is 0 Å². The number of thiocarbonyl (C=S) groups is 1. The van der Waals surface area contributed by atoms with E-state index in [1.165, 1.54) is 11.1 Å². The molecular formula is C24H32ClN3S. The van der Waals surface area contributed by atoms with Crippen LogP contribution in [0.5, 0.6) is 0 Å². The lowest BCUT2D eigenvalue weighted by atomic mass is 9.80. The quantitative estimate of drug-likeness (QED) is 0.611. The first kappa shape index (κ1) is 22.1. The minimum Gasteiger partial charge on any atom is -0.360 e. The van der Waals surface area contributed by atoms with Crippen LogP contribution < -0.4 is 10.6 Å². The molecule has 1 aliphatic heterocycles. The molecule has 0 unspecified atom stereocenters. The Kier molecular flexibility index (Phi) is 6.87. The van der Waals surface area contributed by atoms with Crippen LogP contribution in [0, 0.1) is 0 Å². The molecule has 0 amide bonds. The van der Waals surface area contributed by atoms with Crippen molar-refractivity contribution in [1.82, 2.24) is 15.5 Å². The summed E-state index contributed by atoms with van der Waals surface area (Å²) in [5, 5.41) is 8.97. The Morgan fingerprint density at radius 3 is 2.03 bits per heavy atom. The SMILES string of the molecule is CC1(C)CC(NC(=S)N(Cc2ccccc2)Cc2ccc(Cl)cc2)CC(C)(C)N1. The molecule has 2 N–H and O–H groups in total. The Labute approximate surface area is 185 Å². The number of nitrogens with zero attached hydrogens (tertiary/aromatic N) is 1. The Bertz CT molecular complexity index is 802. The van der Waals surface area contributed by atoms with Crippen molar-refractivity contribution in [3.63, 3.8) is 0 Å². The Balaban J connectivity index is 1.75. The predicted octanol–water partition coefficient (Wildman–Crippen LogP) is 5.53. The molecule has 3 rings (SSSR count). The summed E-state index contributed by atoms with van der Waals surface area (Å²) in [5.74, 6) is 0. The van der Waals surface area contributed by atoms with Gasteiger partial charge in [-0.05, 0) is 76.0 Å². The van der Waals surface area contributed by atoms with Crippen molar-refractivity contribution in [3.05, 3.63) is 70.7 Å². The Hall–Kier alpha value is -1.62. The molecule has 1 saturated heterocycles. The molecule has 1 fully saturated rings. The highest BCUT2D eigenvalue weighted by atomic mass is 35.5. The molecule has 0 aromatic heterocycles. The van der Waals surface area contributed by atoms with Crippen LogP contribution in [-0.2, 0) is 13.1 Å². The number of piperidine rings is 1. The fourth-order valence-corrected chi connectivity index (χ4v) is 4.93. The van der Waals surface area contributed by atoms with Gasteiger partial charge in [0.05, 0.1) is 0 Å². The maximum Gasteiger partial charge on any atom is 0.169 e. The first-order valence-electron chi connectivity index (χ1n) is 10.3. The van der Waals surface area contributed by atoms with Gasteiger partial charge in [-0.25, -0.2) is 0 Å². The van der Waals surface area contributed by atoms with E-state index in [1.54, 1.807) is 0 Å². The summed E-state index contributed by atoms with van der Waals surface area (Å²) in [5.41, 5.74) is 2.60.